The molecule has 0 fully saturated rings. The zero-order valence-electron chi connectivity index (χ0n) is 54.4. The van der Waals surface area contributed by atoms with E-state index in [1.54, 1.807) is 97.1 Å². The van der Waals surface area contributed by atoms with Gasteiger partial charge >= 0.3 is 0 Å². The van der Waals surface area contributed by atoms with Gasteiger partial charge in [0.2, 0.25) is 0 Å². The molecule has 12 heteroatoms. The SMILES string of the molecule is C=CCc1ccccc1Oc1cccc(Oc2cc3c(cc2Oc2cccc(Oc4ccccc4CC=C)c2C#N)C2(CC3(C)C)CC(C)(C)c3cc(Oc4cccc(Oc5ccccc5CC=C)c4C#N)c(Oc4cccc(Oc5ccccc5CC=C)c4C#N)cc32)c1C#N. The van der Waals surface area contributed by atoms with Crippen LogP contribution in [-0.4, -0.2) is 0 Å². The zero-order valence-corrected chi connectivity index (χ0v) is 54.4. The van der Waals surface area contributed by atoms with Crippen LogP contribution in [0.2, 0.25) is 0 Å². The maximum atomic E-state index is 11.1. The van der Waals surface area contributed by atoms with E-state index in [1.807, 2.05) is 121 Å². The average molecular weight is 1270 g/mol. The number of nitriles is 4. The van der Waals surface area contributed by atoms with Crippen LogP contribution in [-0.2, 0) is 41.9 Å². The molecule has 10 aromatic rings. The monoisotopic (exact) mass is 1270 g/mol. The van der Waals surface area contributed by atoms with E-state index >= 15 is 0 Å². The maximum Gasteiger partial charge on any atom is 0.170 e. The largest absolute Gasteiger partial charge is 0.456 e. The molecular weight excluding hydrogens is 1200 g/mol. The molecule has 2 aliphatic carbocycles. The molecule has 0 aromatic heterocycles. The second-order valence-corrected chi connectivity index (χ2v) is 25.1. The number of ether oxygens (including phenoxy) is 8. The Morgan fingerprint density at radius 3 is 0.701 bits per heavy atom. The maximum absolute atomic E-state index is 11.1. The van der Waals surface area contributed by atoms with Crippen molar-refractivity contribution in [2.75, 3.05) is 0 Å². The molecule has 0 N–H and O–H groups in total. The lowest BCUT2D eigenvalue weighted by Crippen LogP contribution is -2.27. The van der Waals surface area contributed by atoms with E-state index in [0.717, 1.165) is 44.5 Å². The summed E-state index contributed by atoms with van der Waals surface area (Å²) in [6.45, 7) is 24.6. The summed E-state index contributed by atoms with van der Waals surface area (Å²) in [5, 5.41) is 44.2. The molecule has 12 rings (SSSR count). The van der Waals surface area contributed by atoms with Gasteiger partial charge in [0.1, 0.15) is 116 Å². The number of hydrogen-bond acceptors (Lipinski definition) is 12. The number of nitrogens with zero attached hydrogens (tertiary/aromatic N) is 4. The third-order valence-electron chi connectivity index (χ3n) is 17.7. The van der Waals surface area contributed by atoms with Crippen molar-refractivity contribution >= 4 is 0 Å². The van der Waals surface area contributed by atoms with Crippen LogP contribution in [0.15, 0.2) is 245 Å². The molecule has 97 heavy (non-hydrogen) atoms. The molecular formula is C85H68N4O8. The summed E-state index contributed by atoms with van der Waals surface area (Å²) in [5.74, 6) is 5.16. The number of hydrogen-bond donors (Lipinski definition) is 0. The lowest BCUT2D eigenvalue weighted by Gasteiger charge is -2.31. The van der Waals surface area contributed by atoms with Crippen LogP contribution in [0.25, 0.3) is 0 Å². The second-order valence-electron chi connectivity index (χ2n) is 25.1. The van der Waals surface area contributed by atoms with Gasteiger partial charge in [-0.25, -0.2) is 0 Å². The first-order chi connectivity index (χ1) is 47.2. The van der Waals surface area contributed by atoms with Gasteiger partial charge < -0.3 is 37.9 Å². The van der Waals surface area contributed by atoms with Crippen molar-refractivity contribution in [2.45, 2.75) is 82.5 Å². The van der Waals surface area contributed by atoms with Crippen molar-refractivity contribution in [1.82, 2.24) is 0 Å². The van der Waals surface area contributed by atoms with Crippen LogP contribution in [0, 0.1) is 45.3 Å². The summed E-state index contributed by atoms with van der Waals surface area (Å²) in [5.41, 5.74) is 5.93. The first kappa shape index (κ1) is 64.6. The molecule has 12 nitrogen and oxygen atoms in total. The summed E-state index contributed by atoms with van der Waals surface area (Å²) in [6, 6.07) is 68.6. The third kappa shape index (κ3) is 12.9. The van der Waals surface area contributed by atoms with Gasteiger partial charge in [0, 0.05) is 5.41 Å². The first-order valence-corrected chi connectivity index (χ1v) is 31.8. The molecule has 0 radical (unpaired) electrons. The molecule has 0 amide bonds. The van der Waals surface area contributed by atoms with Gasteiger partial charge in [-0.05, 0) is 191 Å². The number of allylic oxidation sites excluding steroid dienone is 4. The third-order valence-corrected chi connectivity index (χ3v) is 17.7. The fraction of sp³-hybridized carbons (Fsp3) is 0.153. The normalized spacial score (nSPS) is 13.2. The zero-order chi connectivity index (χ0) is 67.8. The van der Waals surface area contributed by atoms with Gasteiger partial charge in [-0.1, -0.05) is 149 Å². The molecule has 0 aliphatic heterocycles. The average Bonchev–Trinajstić information content (AvgIpc) is 1.53. The fourth-order valence-electron chi connectivity index (χ4n) is 13.5. The van der Waals surface area contributed by atoms with E-state index in [9.17, 15) is 21.0 Å². The molecule has 10 aromatic carbocycles. The van der Waals surface area contributed by atoms with Crippen LogP contribution in [0.5, 0.6) is 92.0 Å². The van der Waals surface area contributed by atoms with E-state index in [0.29, 0.717) is 61.5 Å². The highest BCUT2D eigenvalue weighted by Gasteiger charge is 2.57. The molecule has 0 bridgehead atoms. The van der Waals surface area contributed by atoms with Crippen molar-refractivity contribution in [3.05, 3.63) is 312 Å². The molecule has 476 valence electrons. The van der Waals surface area contributed by atoms with E-state index in [2.05, 4.69) is 78.3 Å². The number of fused-ring (bicyclic) bond motifs is 4. The summed E-state index contributed by atoms with van der Waals surface area (Å²) in [7, 11) is 0. The van der Waals surface area contributed by atoms with Gasteiger partial charge in [-0.15, -0.1) is 26.3 Å². The Labute approximate surface area is 566 Å². The van der Waals surface area contributed by atoms with Crippen molar-refractivity contribution in [3.63, 3.8) is 0 Å². The first-order valence-electron chi connectivity index (χ1n) is 31.8. The van der Waals surface area contributed by atoms with Crippen LogP contribution in [0.4, 0.5) is 0 Å². The van der Waals surface area contributed by atoms with Crippen LogP contribution in [0.1, 0.15) is 107 Å². The molecule has 0 atom stereocenters. The number of rotatable bonds is 24. The quantitative estimate of drug-likeness (QED) is 0.0526. The lowest BCUT2D eigenvalue weighted by atomic mass is 9.72. The minimum Gasteiger partial charge on any atom is -0.456 e. The van der Waals surface area contributed by atoms with E-state index in [1.165, 1.54) is 0 Å². The second kappa shape index (κ2) is 27.6. The Kier molecular flexibility index (Phi) is 18.4. The smallest absolute Gasteiger partial charge is 0.170 e. The topological polar surface area (TPSA) is 169 Å². The standard InChI is InChI=1S/C85H68N4O8/c1-9-25-55-29-13-17-33-67(55)90-71-37-21-41-75(59(71)49-86)94-79-45-63-65(47-81(79)96-77-43-23-39-73(61(77)51-88)92-69-35-19-15-31-57(69)27-11-3)85(53-83(63,5)6)54-84(7,8)64-46-80(95-76-42-22-38-72(60(76)50-87)91-68-34-18-14-30-56(68)26-10-2)82(48-66(64)85)97-78-44-24-40-74(62(78)52-89)93-70-36-20-16-32-58(70)28-12-4/h9-24,29-48H,1-4,25-28,53-54H2,5-8H3. The molecule has 1 spiro atoms. The van der Waals surface area contributed by atoms with Crippen LogP contribution >= 0.6 is 0 Å². The Balaban J connectivity index is 1.04. The van der Waals surface area contributed by atoms with Gasteiger partial charge in [0.25, 0.3) is 0 Å². The molecule has 2 aliphatic rings. The van der Waals surface area contributed by atoms with Gasteiger partial charge in [-0.3, -0.25) is 0 Å². The minimum atomic E-state index is -0.782. The highest BCUT2D eigenvalue weighted by atomic mass is 16.5. The highest BCUT2D eigenvalue weighted by molar-refractivity contribution is 5.70. The van der Waals surface area contributed by atoms with Crippen molar-refractivity contribution < 1.29 is 37.9 Å². The summed E-state index contributed by atoms with van der Waals surface area (Å²) >= 11 is 0. The van der Waals surface area contributed by atoms with Crippen molar-refractivity contribution in [2.24, 2.45) is 0 Å². The summed E-state index contributed by atoms with van der Waals surface area (Å²) < 4.78 is 54.4. The Morgan fingerprint density at radius 1 is 0.289 bits per heavy atom. The predicted octanol–water partition coefficient (Wildman–Crippen LogP) is 22.1. The Hall–Kier alpha value is -12.5. The predicted molar refractivity (Wildman–Crippen MR) is 376 cm³/mol. The molecule has 0 saturated carbocycles. The van der Waals surface area contributed by atoms with E-state index in [-0.39, 0.29) is 91.2 Å². The molecule has 0 saturated heterocycles. The number of para-hydroxylation sites is 4. The van der Waals surface area contributed by atoms with Crippen LogP contribution < -0.4 is 37.9 Å². The summed E-state index contributed by atoms with van der Waals surface area (Å²) in [6.07, 6.45) is 10.5. The summed E-state index contributed by atoms with van der Waals surface area (Å²) in [4.78, 5) is 0. The minimum absolute atomic E-state index is 0.131. The highest BCUT2D eigenvalue weighted by Crippen LogP contribution is 2.66. The van der Waals surface area contributed by atoms with E-state index in [4.69, 9.17) is 37.9 Å². The molecule has 0 unspecified atom stereocenters. The van der Waals surface area contributed by atoms with Gasteiger partial charge in [0.15, 0.2) is 23.0 Å². The Bertz CT molecular complexity index is 4640. The Morgan fingerprint density at radius 2 is 0.485 bits per heavy atom. The van der Waals surface area contributed by atoms with Gasteiger partial charge in [-0.2, -0.15) is 21.0 Å². The van der Waals surface area contributed by atoms with Gasteiger partial charge in [0.05, 0.1) is 0 Å². The lowest BCUT2D eigenvalue weighted by molar-refractivity contribution is 0.349. The fourth-order valence-corrected chi connectivity index (χ4v) is 13.5. The van der Waals surface area contributed by atoms with E-state index < -0.39 is 16.2 Å². The molecule has 0 heterocycles. The van der Waals surface area contributed by atoms with Crippen molar-refractivity contribution in [3.8, 4) is 116 Å². The van der Waals surface area contributed by atoms with Crippen molar-refractivity contribution in [1.29, 1.82) is 21.0 Å². The number of benzene rings is 10. The van der Waals surface area contributed by atoms with Crippen LogP contribution in [0.3, 0.4) is 0 Å².